The standard InChI is InChI=1S/C16H11BrN2/c17-13-5-7-14(8-6-13)19-11-12(9-10-18)15-3-1-2-4-16(15)19/h1-8,11H,9H2. The molecule has 92 valence electrons. The summed E-state index contributed by atoms with van der Waals surface area (Å²) in [6, 6.07) is 18.6. The van der Waals surface area contributed by atoms with Crippen LogP contribution in [-0.2, 0) is 6.42 Å². The van der Waals surface area contributed by atoms with Crippen molar-refractivity contribution in [3.63, 3.8) is 0 Å². The van der Waals surface area contributed by atoms with Crippen molar-refractivity contribution in [2.24, 2.45) is 0 Å². The average molecular weight is 311 g/mol. The number of nitriles is 1. The van der Waals surface area contributed by atoms with E-state index < -0.39 is 0 Å². The number of fused-ring (bicyclic) bond motifs is 1. The van der Waals surface area contributed by atoms with Gasteiger partial charge in [0.15, 0.2) is 0 Å². The van der Waals surface area contributed by atoms with Crippen molar-refractivity contribution in [3.8, 4) is 11.8 Å². The Morgan fingerprint density at radius 3 is 2.53 bits per heavy atom. The van der Waals surface area contributed by atoms with E-state index in [1.165, 1.54) is 0 Å². The second kappa shape index (κ2) is 4.91. The van der Waals surface area contributed by atoms with Gasteiger partial charge < -0.3 is 4.57 Å². The molecule has 0 aliphatic rings. The number of para-hydroxylation sites is 1. The van der Waals surface area contributed by atoms with Crippen LogP contribution in [0.4, 0.5) is 0 Å². The van der Waals surface area contributed by atoms with E-state index in [9.17, 15) is 0 Å². The van der Waals surface area contributed by atoms with Crippen LogP contribution in [0.15, 0.2) is 59.2 Å². The molecule has 0 atom stereocenters. The summed E-state index contributed by atoms with van der Waals surface area (Å²) in [5, 5.41) is 10.1. The number of aromatic nitrogens is 1. The minimum absolute atomic E-state index is 0.435. The molecular formula is C16H11BrN2. The van der Waals surface area contributed by atoms with Crippen molar-refractivity contribution in [3.05, 3.63) is 64.8 Å². The van der Waals surface area contributed by atoms with Crippen LogP contribution in [0.3, 0.4) is 0 Å². The lowest BCUT2D eigenvalue weighted by molar-refractivity contribution is 1.11. The third kappa shape index (κ3) is 2.16. The maximum Gasteiger partial charge on any atom is 0.0670 e. The van der Waals surface area contributed by atoms with E-state index in [0.29, 0.717) is 6.42 Å². The Kier molecular flexibility index (Phi) is 3.10. The molecule has 0 aliphatic carbocycles. The van der Waals surface area contributed by atoms with Crippen LogP contribution >= 0.6 is 15.9 Å². The zero-order valence-electron chi connectivity index (χ0n) is 10.2. The predicted molar refractivity (Wildman–Crippen MR) is 80.3 cm³/mol. The van der Waals surface area contributed by atoms with E-state index in [2.05, 4.69) is 57.0 Å². The first-order valence-electron chi connectivity index (χ1n) is 6.01. The summed E-state index contributed by atoms with van der Waals surface area (Å²) in [7, 11) is 0. The van der Waals surface area contributed by atoms with Crippen molar-refractivity contribution in [2.45, 2.75) is 6.42 Å². The van der Waals surface area contributed by atoms with Crippen molar-refractivity contribution >= 4 is 26.8 Å². The zero-order valence-corrected chi connectivity index (χ0v) is 11.8. The summed E-state index contributed by atoms with van der Waals surface area (Å²) in [6.45, 7) is 0. The average Bonchev–Trinajstić information content (AvgIpc) is 2.80. The Labute approximate surface area is 120 Å². The number of hydrogen-bond donors (Lipinski definition) is 0. The van der Waals surface area contributed by atoms with E-state index in [1.54, 1.807) is 0 Å². The number of halogens is 1. The van der Waals surface area contributed by atoms with E-state index >= 15 is 0 Å². The Morgan fingerprint density at radius 2 is 1.79 bits per heavy atom. The zero-order chi connectivity index (χ0) is 13.2. The van der Waals surface area contributed by atoms with Crippen LogP contribution in [0, 0.1) is 11.3 Å². The molecule has 3 rings (SSSR count). The normalized spacial score (nSPS) is 10.5. The maximum atomic E-state index is 8.93. The summed E-state index contributed by atoms with van der Waals surface area (Å²) < 4.78 is 3.19. The van der Waals surface area contributed by atoms with Gasteiger partial charge in [-0.1, -0.05) is 34.1 Å². The van der Waals surface area contributed by atoms with Crippen LogP contribution < -0.4 is 0 Å². The number of benzene rings is 2. The Balaban J connectivity index is 2.24. The van der Waals surface area contributed by atoms with E-state index in [-0.39, 0.29) is 0 Å². The highest BCUT2D eigenvalue weighted by atomic mass is 79.9. The van der Waals surface area contributed by atoms with Gasteiger partial charge >= 0.3 is 0 Å². The molecule has 1 aromatic heterocycles. The summed E-state index contributed by atoms with van der Waals surface area (Å²) in [5.41, 5.74) is 3.31. The second-order valence-electron chi connectivity index (χ2n) is 4.35. The minimum Gasteiger partial charge on any atom is -0.316 e. The topological polar surface area (TPSA) is 28.7 Å². The SMILES string of the molecule is N#CCc1cn(-c2ccc(Br)cc2)c2ccccc12. The summed E-state index contributed by atoms with van der Waals surface area (Å²) >= 11 is 3.45. The third-order valence-electron chi connectivity index (χ3n) is 3.17. The molecule has 0 aliphatic heterocycles. The fraction of sp³-hybridized carbons (Fsp3) is 0.0625. The van der Waals surface area contributed by atoms with E-state index in [1.807, 2.05) is 24.3 Å². The minimum atomic E-state index is 0.435. The molecule has 1 heterocycles. The van der Waals surface area contributed by atoms with Gasteiger partial charge in [-0.3, -0.25) is 0 Å². The molecule has 2 nitrogen and oxygen atoms in total. The molecule has 0 N–H and O–H groups in total. The number of nitrogens with zero attached hydrogens (tertiary/aromatic N) is 2. The highest BCUT2D eigenvalue weighted by molar-refractivity contribution is 9.10. The number of hydrogen-bond acceptors (Lipinski definition) is 1. The fourth-order valence-electron chi connectivity index (χ4n) is 2.29. The molecular weight excluding hydrogens is 300 g/mol. The Morgan fingerprint density at radius 1 is 1.05 bits per heavy atom. The molecule has 0 bridgehead atoms. The quantitative estimate of drug-likeness (QED) is 0.687. The van der Waals surface area contributed by atoms with E-state index in [4.69, 9.17) is 5.26 Å². The lowest BCUT2D eigenvalue weighted by Gasteiger charge is -2.05. The van der Waals surface area contributed by atoms with Gasteiger partial charge in [0.25, 0.3) is 0 Å². The highest BCUT2D eigenvalue weighted by Gasteiger charge is 2.08. The summed E-state index contributed by atoms with van der Waals surface area (Å²) in [5.74, 6) is 0. The van der Waals surface area contributed by atoms with Crippen molar-refractivity contribution in [1.82, 2.24) is 4.57 Å². The maximum absolute atomic E-state index is 8.93. The molecule has 0 saturated carbocycles. The van der Waals surface area contributed by atoms with Gasteiger partial charge in [-0.05, 0) is 35.9 Å². The van der Waals surface area contributed by atoms with Crippen LogP contribution in [-0.4, -0.2) is 4.57 Å². The molecule has 0 saturated heterocycles. The van der Waals surface area contributed by atoms with Gasteiger partial charge in [0.05, 0.1) is 18.0 Å². The molecule has 0 radical (unpaired) electrons. The largest absolute Gasteiger partial charge is 0.316 e. The second-order valence-corrected chi connectivity index (χ2v) is 5.27. The number of rotatable bonds is 2. The lowest BCUT2D eigenvalue weighted by Crippen LogP contribution is -1.90. The van der Waals surface area contributed by atoms with Gasteiger partial charge in [-0.2, -0.15) is 5.26 Å². The van der Waals surface area contributed by atoms with Crippen LogP contribution in [0.1, 0.15) is 5.56 Å². The molecule has 0 fully saturated rings. The first-order chi connectivity index (χ1) is 9.29. The first kappa shape index (κ1) is 12.0. The molecule has 0 unspecified atom stereocenters. The monoisotopic (exact) mass is 310 g/mol. The predicted octanol–water partition coefficient (Wildman–Crippen LogP) is 4.46. The van der Waals surface area contributed by atoms with Crippen LogP contribution in [0.2, 0.25) is 0 Å². The Bertz CT molecular complexity index is 764. The van der Waals surface area contributed by atoms with Gasteiger partial charge in [-0.15, -0.1) is 0 Å². The van der Waals surface area contributed by atoms with Crippen molar-refractivity contribution in [2.75, 3.05) is 0 Å². The highest BCUT2D eigenvalue weighted by Crippen LogP contribution is 2.25. The van der Waals surface area contributed by atoms with Gasteiger partial charge in [0.1, 0.15) is 0 Å². The molecule has 19 heavy (non-hydrogen) atoms. The van der Waals surface area contributed by atoms with Gasteiger partial charge in [0.2, 0.25) is 0 Å². The lowest BCUT2D eigenvalue weighted by atomic mass is 10.1. The van der Waals surface area contributed by atoms with Gasteiger partial charge in [-0.25, -0.2) is 0 Å². The third-order valence-corrected chi connectivity index (χ3v) is 3.70. The summed E-state index contributed by atoms with van der Waals surface area (Å²) in [6.07, 6.45) is 2.49. The molecule has 3 heteroatoms. The van der Waals surface area contributed by atoms with Gasteiger partial charge in [0, 0.05) is 21.7 Å². The fourth-order valence-corrected chi connectivity index (χ4v) is 2.56. The van der Waals surface area contributed by atoms with E-state index in [0.717, 1.165) is 26.6 Å². The van der Waals surface area contributed by atoms with Crippen LogP contribution in [0.25, 0.3) is 16.6 Å². The molecule has 3 aromatic rings. The van der Waals surface area contributed by atoms with Crippen LogP contribution in [0.5, 0.6) is 0 Å². The molecule has 2 aromatic carbocycles. The first-order valence-corrected chi connectivity index (χ1v) is 6.81. The molecule has 0 amide bonds. The molecule has 0 spiro atoms. The van der Waals surface area contributed by atoms with Crippen molar-refractivity contribution < 1.29 is 0 Å². The van der Waals surface area contributed by atoms with Crippen molar-refractivity contribution in [1.29, 1.82) is 5.26 Å². The smallest absolute Gasteiger partial charge is 0.0670 e. The Hall–Kier alpha value is -2.05. The summed E-state index contributed by atoms with van der Waals surface area (Å²) in [4.78, 5) is 0.